The molecule has 0 radical (unpaired) electrons. The van der Waals surface area contributed by atoms with E-state index < -0.39 is 0 Å². The summed E-state index contributed by atoms with van der Waals surface area (Å²) >= 11 is 1.84. The van der Waals surface area contributed by atoms with Crippen molar-refractivity contribution in [3.63, 3.8) is 0 Å². The highest BCUT2D eigenvalue weighted by molar-refractivity contribution is 7.99. The highest BCUT2D eigenvalue weighted by Crippen LogP contribution is 2.27. The van der Waals surface area contributed by atoms with Crippen LogP contribution in [0.1, 0.15) is 30.3 Å². The van der Waals surface area contributed by atoms with Gasteiger partial charge in [0.15, 0.2) is 0 Å². The standard InChI is InChI=1S/C10H15N3O3S/c14-6-3-7(11-4-6)10-12-9(13-16-10)8-5-17-2-1-15-8/h6-8,11,14H,1-5H2/t6?,7-,8?/m0/s1. The fourth-order valence-corrected chi connectivity index (χ4v) is 2.90. The zero-order chi connectivity index (χ0) is 11.7. The summed E-state index contributed by atoms with van der Waals surface area (Å²) in [5.74, 6) is 3.07. The Kier molecular flexibility index (Phi) is 3.32. The van der Waals surface area contributed by atoms with Crippen LogP contribution in [0.5, 0.6) is 0 Å². The second-order valence-electron chi connectivity index (χ2n) is 4.28. The molecule has 6 nitrogen and oxygen atoms in total. The third kappa shape index (κ3) is 2.47. The summed E-state index contributed by atoms with van der Waals surface area (Å²) in [6.07, 6.45) is 0.247. The van der Waals surface area contributed by atoms with Gasteiger partial charge in [-0.3, -0.25) is 0 Å². The molecule has 3 heterocycles. The molecular formula is C10H15N3O3S. The van der Waals surface area contributed by atoms with Crippen LogP contribution in [0.2, 0.25) is 0 Å². The molecule has 2 N–H and O–H groups in total. The first-order valence-corrected chi connectivity index (χ1v) is 6.92. The molecule has 17 heavy (non-hydrogen) atoms. The lowest BCUT2D eigenvalue weighted by Gasteiger charge is -2.18. The van der Waals surface area contributed by atoms with Crippen LogP contribution in [0.25, 0.3) is 0 Å². The Labute approximate surface area is 103 Å². The van der Waals surface area contributed by atoms with E-state index in [1.165, 1.54) is 0 Å². The van der Waals surface area contributed by atoms with Crippen molar-refractivity contribution in [1.82, 2.24) is 15.5 Å². The van der Waals surface area contributed by atoms with Crippen molar-refractivity contribution < 1.29 is 14.4 Å². The summed E-state index contributed by atoms with van der Waals surface area (Å²) in [7, 11) is 0. The largest absolute Gasteiger partial charge is 0.392 e. The first-order valence-electron chi connectivity index (χ1n) is 5.77. The molecule has 2 unspecified atom stereocenters. The van der Waals surface area contributed by atoms with Crippen molar-refractivity contribution in [2.24, 2.45) is 0 Å². The lowest BCUT2D eigenvalue weighted by molar-refractivity contribution is 0.0677. The minimum absolute atomic E-state index is 0.0255. The van der Waals surface area contributed by atoms with Crippen LogP contribution in [0.15, 0.2) is 4.52 Å². The number of hydrogen-bond donors (Lipinski definition) is 2. The molecule has 0 spiro atoms. The van der Waals surface area contributed by atoms with Gasteiger partial charge in [0.2, 0.25) is 11.7 Å². The molecule has 7 heteroatoms. The molecule has 1 aromatic rings. The molecule has 3 rings (SSSR count). The average molecular weight is 257 g/mol. The maximum Gasteiger partial charge on any atom is 0.243 e. The zero-order valence-corrected chi connectivity index (χ0v) is 10.2. The average Bonchev–Trinajstić information content (AvgIpc) is 2.98. The summed E-state index contributed by atoms with van der Waals surface area (Å²) in [6, 6.07) is -0.0255. The molecule has 0 aliphatic carbocycles. The number of aromatic nitrogens is 2. The molecule has 0 aromatic carbocycles. The van der Waals surface area contributed by atoms with E-state index in [1.54, 1.807) is 0 Å². The van der Waals surface area contributed by atoms with E-state index in [0.717, 1.165) is 18.1 Å². The van der Waals surface area contributed by atoms with Gasteiger partial charge in [0.05, 0.1) is 18.8 Å². The highest BCUT2D eigenvalue weighted by atomic mass is 32.2. The van der Waals surface area contributed by atoms with Gasteiger partial charge >= 0.3 is 0 Å². The number of nitrogens with one attached hydrogen (secondary N) is 1. The normalized spacial score (nSPS) is 34.1. The maximum absolute atomic E-state index is 9.44. The van der Waals surface area contributed by atoms with Gasteiger partial charge < -0.3 is 19.7 Å². The minimum atomic E-state index is -0.322. The van der Waals surface area contributed by atoms with Crippen molar-refractivity contribution in [1.29, 1.82) is 0 Å². The summed E-state index contributed by atoms with van der Waals surface area (Å²) < 4.78 is 10.8. The summed E-state index contributed by atoms with van der Waals surface area (Å²) in [5, 5.41) is 16.5. The predicted molar refractivity (Wildman–Crippen MR) is 61.7 cm³/mol. The molecule has 2 saturated heterocycles. The number of hydrogen-bond acceptors (Lipinski definition) is 7. The van der Waals surface area contributed by atoms with Gasteiger partial charge in [-0.05, 0) is 6.42 Å². The third-order valence-corrected chi connectivity index (χ3v) is 3.96. The molecule has 2 aliphatic heterocycles. The Morgan fingerprint density at radius 1 is 1.47 bits per heavy atom. The van der Waals surface area contributed by atoms with E-state index in [-0.39, 0.29) is 18.2 Å². The van der Waals surface area contributed by atoms with Crippen LogP contribution >= 0.6 is 11.8 Å². The van der Waals surface area contributed by atoms with Crippen molar-refractivity contribution in [2.45, 2.75) is 24.7 Å². The topological polar surface area (TPSA) is 80.4 Å². The Balaban J connectivity index is 1.69. The van der Waals surface area contributed by atoms with Gasteiger partial charge in [-0.25, -0.2) is 0 Å². The first kappa shape index (κ1) is 11.5. The minimum Gasteiger partial charge on any atom is -0.392 e. The molecule has 1 aromatic heterocycles. The Bertz CT molecular complexity index is 361. The van der Waals surface area contributed by atoms with E-state index in [2.05, 4.69) is 15.5 Å². The third-order valence-electron chi connectivity index (χ3n) is 2.97. The van der Waals surface area contributed by atoms with Crippen LogP contribution in [-0.2, 0) is 4.74 Å². The van der Waals surface area contributed by atoms with E-state index in [0.29, 0.717) is 24.7 Å². The van der Waals surface area contributed by atoms with Crippen LogP contribution in [-0.4, -0.2) is 46.0 Å². The fourth-order valence-electron chi connectivity index (χ4n) is 2.06. The molecule has 0 saturated carbocycles. The number of ether oxygens (including phenoxy) is 1. The Morgan fingerprint density at radius 2 is 2.41 bits per heavy atom. The molecule has 94 valence electrons. The van der Waals surface area contributed by atoms with E-state index >= 15 is 0 Å². The van der Waals surface area contributed by atoms with Gasteiger partial charge in [-0.2, -0.15) is 16.7 Å². The van der Waals surface area contributed by atoms with Gasteiger partial charge in [0.25, 0.3) is 0 Å². The highest BCUT2D eigenvalue weighted by Gasteiger charge is 2.30. The summed E-state index contributed by atoms with van der Waals surface area (Å²) in [5.41, 5.74) is 0. The van der Waals surface area contributed by atoms with Crippen LogP contribution < -0.4 is 5.32 Å². The number of aliphatic hydroxyl groups excluding tert-OH is 1. The molecular weight excluding hydrogens is 242 g/mol. The fraction of sp³-hybridized carbons (Fsp3) is 0.800. The number of aliphatic hydroxyl groups is 1. The summed E-state index contributed by atoms with van der Waals surface area (Å²) in [4.78, 5) is 4.36. The zero-order valence-electron chi connectivity index (χ0n) is 9.33. The number of rotatable bonds is 2. The van der Waals surface area contributed by atoms with Crippen molar-refractivity contribution >= 4 is 11.8 Å². The monoisotopic (exact) mass is 257 g/mol. The van der Waals surface area contributed by atoms with Crippen molar-refractivity contribution in [3.8, 4) is 0 Å². The van der Waals surface area contributed by atoms with E-state index in [4.69, 9.17) is 9.26 Å². The molecule has 3 atom stereocenters. The second-order valence-corrected chi connectivity index (χ2v) is 5.43. The molecule has 0 bridgehead atoms. The number of thioether (sulfide) groups is 1. The van der Waals surface area contributed by atoms with Crippen LogP contribution in [0.3, 0.4) is 0 Å². The number of nitrogens with zero attached hydrogens (tertiary/aromatic N) is 2. The van der Waals surface area contributed by atoms with E-state index in [1.807, 2.05) is 11.8 Å². The number of β-amino-alcohol motifs (C(OH)–C–C–N with tert-alkyl or cyclic N) is 1. The van der Waals surface area contributed by atoms with Gasteiger partial charge in [-0.1, -0.05) is 5.16 Å². The molecule has 2 fully saturated rings. The van der Waals surface area contributed by atoms with Gasteiger partial charge in [0.1, 0.15) is 6.10 Å². The van der Waals surface area contributed by atoms with Crippen LogP contribution in [0, 0.1) is 0 Å². The lowest BCUT2D eigenvalue weighted by atomic mass is 10.2. The van der Waals surface area contributed by atoms with Crippen LogP contribution in [0.4, 0.5) is 0 Å². The Morgan fingerprint density at radius 3 is 3.12 bits per heavy atom. The lowest BCUT2D eigenvalue weighted by Crippen LogP contribution is -2.17. The van der Waals surface area contributed by atoms with E-state index in [9.17, 15) is 5.11 Å². The first-order chi connectivity index (χ1) is 8.33. The summed E-state index contributed by atoms with van der Waals surface area (Å²) in [6.45, 7) is 1.32. The van der Waals surface area contributed by atoms with Crippen molar-refractivity contribution in [2.75, 3.05) is 24.7 Å². The molecule has 2 aliphatic rings. The Hall–Kier alpha value is -0.630. The molecule has 0 amide bonds. The van der Waals surface area contributed by atoms with Gasteiger partial charge in [0, 0.05) is 18.1 Å². The second kappa shape index (κ2) is 4.93. The maximum atomic E-state index is 9.44. The quantitative estimate of drug-likeness (QED) is 0.787. The smallest absolute Gasteiger partial charge is 0.243 e. The SMILES string of the molecule is OC1CN[C@H](c2nc(C3CSCCO3)no2)C1. The predicted octanol–water partition coefficient (Wildman–Crippen LogP) is 0.269. The van der Waals surface area contributed by atoms with Crippen molar-refractivity contribution in [3.05, 3.63) is 11.7 Å². The van der Waals surface area contributed by atoms with Gasteiger partial charge in [-0.15, -0.1) is 0 Å².